The summed E-state index contributed by atoms with van der Waals surface area (Å²) in [6.45, 7) is 9.33. The van der Waals surface area contributed by atoms with Gasteiger partial charge in [0, 0.05) is 56.3 Å². The second-order valence-electron chi connectivity index (χ2n) is 9.29. The summed E-state index contributed by atoms with van der Waals surface area (Å²) in [6, 6.07) is 10.0. The number of carbonyl (C=O) groups excluding carboxylic acids is 1. The highest BCUT2D eigenvalue weighted by Gasteiger charge is 2.29. The molecule has 9 heteroatoms. The van der Waals surface area contributed by atoms with Crippen LogP contribution in [0.3, 0.4) is 0 Å². The number of imidazole rings is 1. The summed E-state index contributed by atoms with van der Waals surface area (Å²) in [5.74, 6) is 1.52. The highest BCUT2D eigenvalue weighted by molar-refractivity contribution is 5.94. The number of nitrogens with one attached hydrogen (secondary N) is 1. The average molecular weight is 478 g/mol. The summed E-state index contributed by atoms with van der Waals surface area (Å²) in [5, 5.41) is 3.25. The minimum absolute atomic E-state index is 0.0646. The van der Waals surface area contributed by atoms with E-state index in [1.54, 1.807) is 13.3 Å². The molecule has 3 heterocycles. The van der Waals surface area contributed by atoms with E-state index in [0.717, 1.165) is 49.0 Å². The van der Waals surface area contributed by atoms with Crippen LogP contribution in [0.4, 0.5) is 11.6 Å². The molecule has 0 aliphatic carbocycles. The SMILES string of the molecule is COCCN(C)[C@H]1CCN(C(=O)c2ccc(Nc3nccc(-c4cnc(C)n4C(C)C)n3)cc2)C1. The Morgan fingerprint density at radius 2 is 2.00 bits per heavy atom. The number of carbonyl (C=O) groups is 1. The summed E-state index contributed by atoms with van der Waals surface area (Å²) in [4.78, 5) is 30.7. The predicted octanol–water partition coefficient (Wildman–Crippen LogP) is 3.77. The maximum absolute atomic E-state index is 13.0. The van der Waals surface area contributed by atoms with Gasteiger partial charge in [-0.3, -0.25) is 9.69 Å². The summed E-state index contributed by atoms with van der Waals surface area (Å²) < 4.78 is 7.33. The van der Waals surface area contributed by atoms with Crippen LogP contribution in [-0.4, -0.2) is 81.7 Å². The Bertz CT molecular complexity index is 1140. The Hall–Kier alpha value is -3.30. The summed E-state index contributed by atoms with van der Waals surface area (Å²) >= 11 is 0. The molecule has 1 aliphatic rings. The van der Waals surface area contributed by atoms with Gasteiger partial charge in [0.2, 0.25) is 5.95 Å². The number of methoxy groups -OCH3 is 1. The largest absolute Gasteiger partial charge is 0.383 e. The molecule has 1 aliphatic heterocycles. The zero-order chi connectivity index (χ0) is 24.9. The molecule has 186 valence electrons. The van der Waals surface area contributed by atoms with Gasteiger partial charge >= 0.3 is 0 Å². The van der Waals surface area contributed by atoms with Crippen LogP contribution in [0.15, 0.2) is 42.7 Å². The molecule has 1 N–H and O–H groups in total. The fourth-order valence-corrected chi connectivity index (χ4v) is 4.57. The van der Waals surface area contributed by atoms with E-state index in [2.05, 4.69) is 50.6 Å². The highest BCUT2D eigenvalue weighted by atomic mass is 16.5. The molecule has 9 nitrogen and oxygen atoms in total. The van der Waals surface area contributed by atoms with Gasteiger partial charge in [-0.1, -0.05) is 0 Å². The lowest BCUT2D eigenvalue weighted by atomic mass is 10.2. The molecule has 0 unspecified atom stereocenters. The third-order valence-corrected chi connectivity index (χ3v) is 6.53. The van der Waals surface area contributed by atoms with Crippen molar-refractivity contribution in [3.05, 3.63) is 54.1 Å². The van der Waals surface area contributed by atoms with Gasteiger partial charge in [-0.25, -0.2) is 15.0 Å². The molecule has 0 bridgehead atoms. The van der Waals surface area contributed by atoms with Crippen LogP contribution in [0.5, 0.6) is 0 Å². The van der Waals surface area contributed by atoms with Gasteiger partial charge in [0.25, 0.3) is 5.91 Å². The lowest BCUT2D eigenvalue weighted by Gasteiger charge is -2.24. The number of benzene rings is 1. The van der Waals surface area contributed by atoms with Gasteiger partial charge in [0.1, 0.15) is 5.82 Å². The molecule has 35 heavy (non-hydrogen) atoms. The molecule has 1 fully saturated rings. The van der Waals surface area contributed by atoms with Gasteiger partial charge in [-0.2, -0.15) is 0 Å². The fraction of sp³-hybridized carbons (Fsp3) is 0.462. The number of hydrogen-bond donors (Lipinski definition) is 1. The molecule has 4 rings (SSSR count). The third-order valence-electron chi connectivity index (χ3n) is 6.53. The van der Waals surface area contributed by atoms with Crippen molar-refractivity contribution < 1.29 is 9.53 Å². The summed E-state index contributed by atoms with van der Waals surface area (Å²) in [5.41, 5.74) is 3.27. The maximum Gasteiger partial charge on any atom is 0.253 e. The first kappa shape index (κ1) is 24.8. The van der Waals surface area contributed by atoms with Crippen molar-refractivity contribution >= 4 is 17.5 Å². The standard InChI is InChI=1S/C26H35N7O2/c1-18(2)33-19(3)28-16-24(33)23-10-12-27-26(30-23)29-21-8-6-20(7-9-21)25(34)32-13-11-22(17-32)31(4)14-15-35-5/h6-10,12,16,18,22H,11,13-15,17H2,1-5H3,(H,27,29,30)/t22-/m0/s1. The first-order chi connectivity index (χ1) is 16.9. The molecule has 1 amide bonds. The number of aryl methyl sites for hydroxylation is 1. The van der Waals surface area contributed by atoms with Gasteiger partial charge in [-0.05, 0) is 64.6 Å². The fourth-order valence-electron chi connectivity index (χ4n) is 4.57. The van der Waals surface area contributed by atoms with Gasteiger partial charge in [0.15, 0.2) is 0 Å². The number of amides is 1. The number of ether oxygens (including phenoxy) is 1. The van der Waals surface area contributed by atoms with E-state index in [1.165, 1.54) is 0 Å². The molecule has 1 saturated heterocycles. The minimum atomic E-state index is 0.0646. The van der Waals surface area contributed by atoms with Crippen LogP contribution in [0.2, 0.25) is 0 Å². The Morgan fingerprint density at radius 1 is 1.23 bits per heavy atom. The third kappa shape index (κ3) is 5.68. The Morgan fingerprint density at radius 3 is 2.71 bits per heavy atom. The number of nitrogens with zero attached hydrogens (tertiary/aromatic N) is 6. The van der Waals surface area contributed by atoms with Crippen molar-refractivity contribution in [3.63, 3.8) is 0 Å². The molecule has 0 spiro atoms. The first-order valence-corrected chi connectivity index (χ1v) is 12.1. The average Bonchev–Trinajstić information content (AvgIpc) is 3.50. The van der Waals surface area contributed by atoms with E-state index in [9.17, 15) is 4.79 Å². The predicted molar refractivity (Wildman–Crippen MR) is 137 cm³/mol. The second kappa shape index (κ2) is 11.0. The Kier molecular flexibility index (Phi) is 7.77. The zero-order valence-corrected chi connectivity index (χ0v) is 21.2. The molecule has 0 saturated carbocycles. The molecule has 3 aromatic rings. The van der Waals surface area contributed by atoms with E-state index < -0.39 is 0 Å². The van der Waals surface area contributed by atoms with Crippen LogP contribution >= 0.6 is 0 Å². The van der Waals surface area contributed by atoms with Crippen molar-refractivity contribution in [1.29, 1.82) is 0 Å². The zero-order valence-electron chi connectivity index (χ0n) is 21.2. The second-order valence-corrected chi connectivity index (χ2v) is 9.29. The number of aromatic nitrogens is 4. The highest BCUT2D eigenvalue weighted by Crippen LogP contribution is 2.24. The van der Waals surface area contributed by atoms with Gasteiger partial charge < -0.3 is 19.5 Å². The van der Waals surface area contributed by atoms with Crippen molar-refractivity contribution in [3.8, 4) is 11.4 Å². The number of likely N-dealkylation sites (N-methyl/N-ethyl adjacent to an activating group) is 1. The molecule has 1 aromatic carbocycles. The van der Waals surface area contributed by atoms with Crippen molar-refractivity contribution in [2.45, 2.75) is 39.3 Å². The van der Waals surface area contributed by atoms with E-state index in [-0.39, 0.29) is 11.9 Å². The summed E-state index contributed by atoms with van der Waals surface area (Å²) in [7, 11) is 3.80. The monoisotopic (exact) mass is 477 g/mol. The van der Waals surface area contributed by atoms with E-state index in [4.69, 9.17) is 4.74 Å². The lowest BCUT2D eigenvalue weighted by molar-refractivity contribution is 0.0775. The minimum Gasteiger partial charge on any atom is -0.383 e. The quantitative estimate of drug-likeness (QED) is 0.502. The lowest BCUT2D eigenvalue weighted by Crippen LogP contribution is -2.38. The summed E-state index contributed by atoms with van der Waals surface area (Å²) in [6.07, 6.45) is 4.57. The smallest absolute Gasteiger partial charge is 0.253 e. The number of anilines is 2. The topological polar surface area (TPSA) is 88.4 Å². The molecular weight excluding hydrogens is 442 g/mol. The molecule has 1 atom stereocenters. The van der Waals surface area contributed by atoms with E-state index in [1.807, 2.05) is 48.4 Å². The van der Waals surface area contributed by atoms with Crippen LogP contribution in [0.25, 0.3) is 11.4 Å². The van der Waals surface area contributed by atoms with Crippen LogP contribution in [0, 0.1) is 6.92 Å². The van der Waals surface area contributed by atoms with Gasteiger partial charge in [0.05, 0.1) is 24.2 Å². The first-order valence-electron chi connectivity index (χ1n) is 12.1. The van der Waals surface area contributed by atoms with Crippen molar-refractivity contribution in [2.75, 3.05) is 45.7 Å². The van der Waals surface area contributed by atoms with Crippen LogP contribution < -0.4 is 5.32 Å². The maximum atomic E-state index is 13.0. The van der Waals surface area contributed by atoms with E-state index >= 15 is 0 Å². The van der Waals surface area contributed by atoms with Gasteiger partial charge in [-0.15, -0.1) is 0 Å². The van der Waals surface area contributed by atoms with Crippen molar-refractivity contribution in [2.24, 2.45) is 0 Å². The number of hydrogen-bond acceptors (Lipinski definition) is 7. The molecular formula is C26H35N7O2. The number of rotatable bonds is 9. The van der Waals surface area contributed by atoms with Crippen LogP contribution in [0.1, 0.15) is 42.5 Å². The van der Waals surface area contributed by atoms with E-state index in [0.29, 0.717) is 24.2 Å². The molecule has 0 radical (unpaired) electrons. The number of likely N-dealkylation sites (tertiary alicyclic amines) is 1. The Balaban J connectivity index is 1.41. The van der Waals surface area contributed by atoms with Crippen molar-refractivity contribution in [1.82, 2.24) is 29.3 Å². The molecule has 2 aromatic heterocycles. The van der Waals surface area contributed by atoms with Crippen LogP contribution in [-0.2, 0) is 4.74 Å². The normalized spacial score (nSPS) is 15.9. The Labute approximate surface area is 207 Å².